The lowest BCUT2D eigenvalue weighted by atomic mass is 10.1. The van der Waals surface area contributed by atoms with Crippen molar-refractivity contribution in [2.24, 2.45) is 0 Å². The highest BCUT2D eigenvalue weighted by Crippen LogP contribution is 2.31. The van der Waals surface area contributed by atoms with E-state index < -0.39 is 0 Å². The fourth-order valence-electron chi connectivity index (χ4n) is 1.46. The number of carbonyl (C=O) groups is 1. The van der Waals surface area contributed by atoms with Crippen LogP contribution in [0.5, 0.6) is 5.75 Å². The van der Waals surface area contributed by atoms with Crippen LogP contribution in [0.3, 0.4) is 0 Å². The molecule has 0 fully saturated rings. The minimum Gasteiger partial charge on any atom is -0.493 e. The summed E-state index contributed by atoms with van der Waals surface area (Å²) in [7, 11) is 0. The van der Waals surface area contributed by atoms with Gasteiger partial charge in [-0.15, -0.1) is 0 Å². The molecule has 2 N–H and O–H groups in total. The van der Waals surface area contributed by atoms with Crippen LogP contribution in [0.4, 0.5) is 5.69 Å². The summed E-state index contributed by atoms with van der Waals surface area (Å²) < 4.78 is 6.22. The molecule has 1 aliphatic heterocycles. The van der Waals surface area contributed by atoms with Crippen molar-refractivity contribution in [1.29, 1.82) is 0 Å². The predicted molar refractivity (Wildman–Crippen MR) is 57.6 cm³/mol. The Bertz CT molecular complexity index is 390. The van der Waals surface area contributed by atoms with Crippen molar-refractivity contribution in [2.45, 2.75) is 12.8 Å². The molecule has 0 bridgehead atoms. The maximum Gasteiger partial charge on any atom is 0.166 e. The first-order valence-electron chi connectivity index (χ1n) is 4.43. The van der Waals surface area contributed by atoms with E-state index in [2.05, 4.69) is 15.9 Å². The molecule has 0 aliphatic carbocycles. The highest BCUT2D eigenvalue weighted by molar-refractivity contribution is 9.10. The first-order valence-corrected chi connectivity index (χ1v) is 5.23. The lowest BCUT2D eigenvalue weighted by Crippen LogP contribution is -2.00. The summed E-state index contributed by atoms with van der Waals surface area (Å²) in [5.74, 6) is 0.741. The molecule has 1 aromatic carbocycles. The van der Waals surface area contributed by atoms with E-state index in [1.807, 2.05) is 0 Å². The van der Waals surface area contributed by atoms with Crippen LogP contribution in [0, 0.1) is 0 Å². The van der Waals surface area contributed by atoms with Gasteiger partial charge in [0.25, 0.3) is 0 Å². The number of anilines is 1. The first-order chi connectivity index (χ1) is 6.68. The summed E-state index contributed by atoms with van der Waals surface area (Å²) in [6.07, 6.45) is 1.30. The molecule has 1 aromatic rings. The van der Waals surface area contributed by atoms with E-state index in [0.29, 0.717) is 30.0 Å². The molecular weight excluding hydrogens is 246 g/mol. The van der Waals surface area contributed by atoms with Crippen LogP contribution in [0.15, 0.2) is 16.6 Å². The maximum absolute atomic E-state index is 11.6. The average molecular weight is 256 g/mol. The van der Waals surface area contributed by atoms with Gasteiger partial charge in [0, 0.05) is 16.6 Å². The van der Waals surface area contributed by atoms with Crippen molar-refractivity contribution in [3.05, 3.63) is 22.2 Å². The standard InChI is InChI=1S/C10H10BrNO2/c11-7-5-10-6(4-8(7)12)9(13)2-1-3-14-10/h4-5H,1-3,12H2. The highest BCUT2D eigenvalue weighted by atomic mass is 79.9. The van der Waals surface area contributed by atoms with Crippen LogP contribution in [0.2, 0.25) is 0 Å². The number of benzene rings is 1. The number of ketones is 1. The zero-order valence-corrected chi connectivity index (χ0v) is 9.13. The normalized spacial score (nSPS) is 15.6. The van der Waals surface area contributed by atoms with Gasteiger partial charge < -0.3 is 10.5 Å². The quantitative estimate of drug-likeness (QED) is 0.725. The molecular formula is C10H10BrNO2. The second-order valence-electron chi connectivity index (χ2n) is 3.25. The van der Waals surface area contributed by atoms with Gasteiger partial charge >= 0.3 is 0 Å². The number of nitrogens with two attached hydrogens (primary N) is 1. The van der Waals surface area contributed by atoms with E-state index in [1.165, 1.54) is 0 Å². The van der Waals surface area contributed by atoms with Crippen molar-refractivity contribution in [3.63, 3.8) is 0 Å². The molecule has 0 saturated heterocycles. The molecule has 74 valence electrons. The van der Waals surface area contributed by atoms with Gasteiger partial charge in [0.05, 0.1) is 12.2 Å². The Morgan fingerprint density at radius 1 is 1.43 bits per heavy atom. The maximum atomic E-state index is 11.6. The van der Waals surface area contributed by atoms with Crippen LogP contribution in [-0.2, 0) is 0 Å². The number of nitrogen functional groups attached to an aromatic ring is 1. The number of carbonyl (C=O) groups excluding carboxylic acids is 1. The molecule has 2 rings (SSSR count). The van der Waals surface area contributed by atoms with Gasteiger partial charge in [-0.3, -0.25) is 4.79 Å². The van der Waals surface area contributed by atoms with E-state index in [1.54, 1.807) is 12.1 Å². The summed E-state index contributed by atoms with van der Waals surface area (Å²) in [5.41, 5.74) is 6.87. The molecule has 4 heteroatoms. The van der Waals surface area contributed by atoms with Crippen molar-refractivity contribution in [2.75, 3.05) is 12.3 Å². The Hall–Kier alpha value is -1.03. The number of fused-ring (bicyclic) bond motifs is 1. The molecule has 1 aliphatic rings. The summed E-state index contributed by atoms with van der Waals surface area (Å²) >= 11 is 3.30. The largest absolute Gasteiger partial charge is 0.493 e. The van der Waals surface area contributed by atoms with E-state index >= 15 is 0 Å². The third-order valence-electron chi connectivity index (χ3n) is 2.21. The van der Waals surface area contributed by atoms with Gasteiger partial charge in [0.1, 0.15) is 5.75 Å². The Morgan fingerprint density at radius 2 is 2.21 bits per heavy atom. The average Bonchev–Trinajstić information content (AvgIpc) is 2.31. The number of hydrogen-bond acceptors (Lipinski definition) is 3. The van der Waals surface area contributed by atoms with Gasteiger partial charge in [-0.2, -0.15) is 0 Å². The van der Waals surface area contributed by atoms with E-state index in [9.17, 15) is 4.79 Å². The Balaban J connectivity index is 2.54. The number of Topliss-reactive ketones (excluding diaryl/α,β-unsaturated/α-hetero) is 1. The Labute approximate surface area is 90.4 Å². The molecule has 0 atom stereocenters. The topological polar surface area (TPSA) is 52.3 Å². The lowest BCUT2D eigenvalue weighted by Gasteiger charge is -2.08. The number of rotatable bonds is 0. The van der Waals surface area contributed by atoms with Gasteiger partial charge in [-0.25, -0.2) is 0 Å². The number of hydrogen-bond donors (Lipinski definition) is 1. The summed E-state index contributed by atoms with van der Waals surface area (Å²) in [5, 5.41) is 0. The fraction of sp³-hybridized carbons (Fsp3) is 0.300. The Morgan fingerprint density at radius 3 is 3.00 bits per heavy atom. The minimum absolute atomic E-state index is 0.108. The molecule has 0 amide bonds. The number of ether oxygens (including phenoxy) is 1. The van der Waals surface area contributed by atoms with Crippen LogP contribution in [0.25, 0.3) is 0 Å². The monoisotopic (exact) mass is 255 g/mol. The summed E-state index contributed by atoms with van der Waals surface area (Å²) in [6, 6.07) is 3.43. The van der Waals surface area contributed by atoms with Crippen LogP contribution in [0.1, 0.15) is 23.2 Å². The van der Waals surface area contributed by atoms with Crippen LogP contribution in [-0.4, -0.2) is 12.4 Å². The summed E-state index contributed by atoms with van der Waals surface area (Å²) in [4.78, 5) is 11.6. The molecule has 0 saturated carbocycles. The molecule has 14 heavy (non-hydrogen) atoms. The molecule has 1 heterocycles. The van der Waals surface area contributed by atoms with E-state index in [4.69, 9.17) is 10.5 Å². The van der Waals surface area contributed by atoms with Crippen molar-refractivity contribution in [3.8, 4) is 5.75 Å². The predicted octanol–water partition coefficient (Wildman–Crippen LogP) is 2.39. The number of halogens is 1. The lowest BCUT2D eigenvalue weighted by molar-refractivity contribution is 0.0983. The molecule has 0 unspecified atom stereocenters. The molecule has 0 aromatic heterocycles. The molecule has 0 radical (unpaired) electrons. The smallest absolute Gasteiger partial charge is 0.166 e. The third-order valence-corrected chi connectivity index (χ3v) is 2.89. The second-order valence-corrected chi connectivity index (χ2v) is 4.10. The van der Waals surface area contributed by atoms with Crippen LogP contribution < -0.4 is 10.5 Å². The third kappa shape index (κ3) is 1.62. The molecule has 0 spiro atoms. The first kappa shape index (κ1) is 9.52. The van der Waals surface area contributed by atoms with Gasteiger partial charge in [0.2, 0.25) is 0 Å². The SMILES string of the molecule is Nc1cc2c(cc1Br)OCCCC2=O. The van der Waals surface area contributed by atoms with Crippen molar-refractivity contribution in [1.82, 2.24) is 0 Å². The Kier molecular flexibility index (Phi) is 2.46. The second kappa shape index (κ2) is 3.61. The highest BCUT2D eigenvalue weighted by Gasteiger charge is 2.17. The zero-order valence-electron chi connectivity index (χ0n) is 7.55. The van der Waals surface area contributed by atoms with Crippen molar-refractivity contribution < 1.29 is 9.53 Å². The molecule has 3 nitrogen and oxygen atoms in total. The van der Waals surface area contributed by atoms with E-state index in [-0.39, 0.29) is 5.78 Å². The minimum atomic E-state index is 0.108. The summed E-state index contributed by atoms with van der Waals surface area (Å²) in [6.45, 7) is 0.592. The van der Waals surface area contributed by atoms with Gasteiger partial charge in [-0.1, -0.05) is 0 Å². The fourth-order valence-corrected chi connectivity index (χ4v) is 1.78. The van der Waals surface area contributed by atoms with Gasteiger partial charge in [-0.05, 0) is 34.5 Å². The van der Waals surface area contributed by atoms with Crippen molar-refractivity contribution >= 4 is 27.4 Å². The zero-order chi connectivity index (χ0) is 10.1. The van der Waals surface area contributed by atoms with Crippen LogP contribution >= 0.6 is 15.9 Å². The van der Waals surface area contributed by atoms with E-state index in [0.717, 1.165) is 10.9 Å². The van der Waals surface area contributed by atoms with Gasteiger partial charge in [0.15, 0.2) is 5.78 Å².